The number of nitrogens with zero attached hydrogens (tertiary/aromatic N) is 2. The van der Waals surface area contributed by atoms with Crippen LogP contribution < -0.4 is 0 Å². The third-order valence-electron chi connectivity index (χ3n) is 4.92. The summed E-state index contributed by atoms with van der Waals surface area (Å²) in [5, 5.41) is 10.2. The summed E-state index contributed by atoms with van der Waals surface area (Å²) in [6.07, 6.45) is 2.50. The summed E-state index contributed by atoms with van der Waals surface area (Å²) in [6.45, 7) is 9.63. The fraction of sp³-hybridized carbons (Fsp3) is 0.550. The van der Waals surface area contributed by atoms with Crippen molar-refractivity contribution in [2.45, 2.75) is 39.2 Å². The molecule has 1 N–H and O–H groups in total. The van der Waals surface area contributed by atoms with Crippen LogP contribution in [-0.4, -0.2) is 53.4 Å². The van der Waals surface area contributed by atoms with Crippen molar-refractivity contribution in [1.82, 2.24) is 9.47 Å². The van der Waals surface area contributed by atoms with Crippen LogP contribution in [0, 0.1) is 0 Å². The molecule has 2 fully saturated rings. The van der Waals surface area contributed by atoms with Crippen molar-refractivity contribution in [3.8, 4) is 0 Å². The van der Waals surface area contributed by atoms with Crippen LogP contribution in [0.4, 0.5) is 0 Å². The second-order valence-corrected chi connectivity index (χ2v) is 6.53. The van der Waals surface area contributed by atoms with E-state index in [1.54, 1.807) is 12.1 Å². The number of morpholine rings is 1. The zero-order valence-electron chi connectivity index (χ0n) is 15.2. The van der Waals surface area contributed by atoms with Crippen molar-refractivity contribution < 1.29 is 14.6 Å². The summed E-state index contributed by atoms with van der Waals surface area (Å²) in [4.78, 5) is 13.6. The molecule has 0 unspecified atom stereocenters. The van der Waals surface area contributed by atoms with Gasteiger partial charge in [0.05, 0.1) is 18.8 Å². The highest BCUT2D eigenvalue weighted by atomic mass is 16.5. The predicted molar refractivity (Wildman–Crippen MR) is 99.5 cm³/mol. The number of aromatic carboxylic acids is 1. The van der Waals surface area contributed by atoms with E-state index < -0.39 is 5.97 Å². The van der Waals surface area contributed by atoms with Crippen molar-refractivity contribution in [1.29, 1.82) is 0 Å². The molecule has 0 atom stereocenters. The summed E-state index contributed by atoms with van der Waals surface area (Å²) in [6, 6.07) is 7.67. The molecule has 5 heteroatoms. The Labute approximate surface area is 149 Å². The molecule has 1 aliphatic heterocycles. The van der Waals surface area contributed by atoms with Crippen LogP contribution in [-0.2, 0) is 11.3 Å². The topological polar surface area (TPSA) is 54.7 Å². The molecule has 1 aromatic carbocycles. The lowest BCUT2D eigenvalue weighted by Gasteiger charge is -2.27. The minimum absolute atomic E-state index is 0.366. The Balaban J connectivity index is 0.000000880. The van der Waals surface area contributed by atoms with Gasteiger partial charge >= 0.3 is 5.97 Å². The van der Waals surface area contributed by atoms with Crippen molar-refractivity contribution >= 4 is 16.9 Å². The molecule has 4 rings (SSSR count). The number of carboxylic acids is 1. The maximum atomic E-state index is 11.2. The number of carboxylic acid groups (broad SMARTS) is 1. The largest absolute Gasteiger partial charge is 0.478 e. The van der Waals surface area contributed by atoms with Gasteiger partial charge in [-0.15, -0.1) is 0 Å². The molecule has 1 saturated heterocycles. The van der Waals surface area contributed by atoms with Crippen LogP contribution in [0.15, 0.2) is 24.3 Å². The third kappa shape index (κ3) is 4.05. The molecule has 1 saturated carbocycles. The first kappa shape index (κ1) is 18.0. The van der Waals surface area contributed by atoms with Crippen molar-refractivity contribution in [2.24, 2.45) is 0 Å². The number of hydrogen-bond donors (Lipinski definition) is 1. The van der Waals surface area contributed by atoms with Crippen molar-refractivity contribution in [3.05, 3.63) is 35.5 Å². The Morgan fingerprint density at radius 2 is 1.88 bits per heavy atom. The number of ether oxygens (including phenoxy) is 1. The molecule has 1 aromatic heterocycles. The maximum Gasteiger partial charge on any atom is 0.335 e. The minimum atomic E-state index is -0.860. The number of carbonyl (C=O) groups is 1. The smallest absolute Gasteiger partial charge is 0.335 e. The van der Waals surface area contributed by atoms with Gasteiger partial charge in [-0.1, -0.05) is 13.8 Å². The second-order valence-electron chi connectivity index (χ2n) is 6.53. The number of rotatable bonds is 5. The highest BCUT2D eigenvalue weighted by molar-refractivity contribution is 5.94. The summed E-state index contributed by atoms with van der Waals surface area (Å²) >= 11 is 0. The Hall–Kier alpha value is -1.85. The highest BCUT2D eigenvalue weighted by Crippen LogP contribution is 2.42. The summed E-state index contributed by atoms with van der Waals surface area (Å²) in [5.41, 5.74) is 2.89. The average molecular weight is 344 g/mol. The molecule has 0 bridgehead atoms. The van der Waals surface area contributed by atoms with Gasteiger partial charge in [-0.25, -0.2) is 4.79 Å². The molecule has 1 aliphatic carbocycles. The predicted octanol–water partition coefficient (Wildman–Crippen LogP) is 3.58. The van der Waals surface area contributed by atoms with E-state index in [0.29, 0.717) is 11.5 Å². The van der Waals surface area contributed by atoms with E-state index in [9.17, 15) is 9.90 Å². The number of aromatic nitrogens is 1. The van der Waals surface area contributed by atoms with Crippen LogP contribution >= 0.6 is 0 Å². The molecule has 0 radical (unpaired) electrons. The lowest BCUT2D eigenvalue weighted by Crippen LogP contribution is -2.38. The second kappa shape index (κ2) is 8.02. The Morgan fingerprint density at radius 1 is 1.16 bits per heavy atom. The van der Waals surface area contributed by atoms with Crippen LogP contribution in [0.25, 0.3) is 10.9 Å². The molecule has 2 heterocycles. The van der Waals surface area contributed by atoms with Crippen molar-refractivity contribution in [2.75, 3.05) is 32.8 Å². The maximum absolute atomic E-state index is 11.2. The van der Waals surface area contributed by atoms with E-state index in [-0.39, 0.29) is 0 Å². The lowest BCUT2D eigenvalue weighted by atomic mass is 10.1. The third-order valence-corrected chi connectivity index (χ3v) is 4.92. The van der Waals surface area contributed by atoms with Gasteiger partial charge in [-0.2, -0.15) is 0 Å². The van der Waals surface area contributed by atoms with Gasteiger partial charge in [0.15, 0.2) is 0 Å². The zero-order chi connectivity index (χ0) is 17.8. The molecule has 0 spiro atoms. The normalized spacial score (nSPS) is 18.0. The molecule has 2 aromatic rings. The van der Waals surface area contributed by atoms with E-state index in [1.807, 2.05) is 19.9 Å². The Bertz CT molecular complexity index is 728. The van der Waals surface area contributed by atoms with Gasteiger partial charge < -0.3 is 14.4 Å². The minimum Gasteiger partial charge on any atom is -0.478 e. The molecule has 0 amide bonds. The van der Waals surface area contributed by atoms with Crippen LogP contribution in [0.2, 0.25) is 0 Å². The number of benzene rings is 1. The van der Waals surface area contributed by atoms with Gasteiger partial charge in [0.1, 0.15) is 0 Å². The van der Waals surface area contributed by atoms with Gasteiger partial charge in [0.2, 0.25) is 0 Å². The summed E-state index contributed by atoms with van der Waals surface area (Å²) < 4.78 is 7.81. The van der Waals surface area contributed by atoms with E-state index in [1.165, 1.54) is 18.5 Å². The lowest BCUT2D eigenvalue weighted by molar-refractivity contribution is 0.0364. The van der Waals surface area contributed by atoms with Gasteiger partial charge in [0, 0.05) is 42.8 Å². The van der Waals surface area contributed by atoms with E-state index in [4.69, 9.17) is 4.74 Å². The van der Waals surface area contributed by atoms with E-state index in [0.717, 1.165) is 50.3 Å². The van der Waals surface area contributed by atoms with Gasteiger partial charge in [-0.3, -0.25) is 4.90 Å². The molecular weight excluding hydrogens is 316 g/mol. The van der Waals surface area contributed by atoms with Crippen LogP contribution in [0.3, 0.4) is 0 Å². The van der Waals surface area contributed by atoms with Gasteiger partial charge in [-0.05, 0) is 43.0 Å². The first-order chi connectivity index (χ1) is 12.2. The van der Waals surface area contributed by atoms with Crippen LogP contribution in [0.1, 0.15) is 48.7 Å². The average Bonchev–Trinajstić information content (AvgIpc) is 3.43. The molecule has 5 nitrogen and oxygen atoms in total. The molecule has 25 heavy (non-hydrogen) atoms. The number of fused-ring (bicyclic) bond motifs is 1. The zero-order valence-corrected chi connectivity index (χ0v) is 15.2. The SMILES string of the molecule is CC.O=C(O)c1ccc2c(c1)cc(C1CC1)n2CCN1CCOCC1. The molecule has 2 aliphatic rings. The van der Waals surface area contributed by atoms with E-state index in [2.05, 4.69) is 15.5 Å². The summed E-state index contributed by atoms with van der Waals surface area (Å²) in [7, 11) is 0. The number of hydrogen-bond acceptors (Lipinski definition) is 3. The fourth-order valence-corrected chi connectivity index (χ4v) is 3.46. The monoisotopic (exact) mass is 344 g/mol. The fourth-order valence-electron chi connectivity index (χ4n) is 3.46. The van der Waals surface area contributed by atoms with Gasteiger partial charge in [0.25, 0.3) is 0 Å². The highest BCUT2D eigenvalue weighted by Gasteiger charge is 2.28. The molecule has 136 valence electrons. The molecular formula is C20H28N2O3. The quantitative estimate of drug-likeness (QED) is 0.901. The Kier molecular flexibility index (Phi) is 5.76. The van der Waals surface area contributed by atoms with Crippen molar-refractivity contribution in [3.63, 3.8) is 0 Å². The van der Waals surface area contributed by atoms with Crippen LogP contribution in [0.5, 0.6) is 0 Å². The summed E-state index contributed by atoms with van der Waals surface area (Å²) in [5.74, 6) is -0.207. The first-order valence-corrected chi connectivity index (χ1v) is 9.39. The van der Waals surface area contributed by atoms with E-state index >= 15 is 0 Å². The standard InChI is InChI=1S/C18H22N2O3.C2H6/c21-18(22)14-3-4-16-15(11-14)12-17(13-1-2-13)20(16)6-5-19-7-9-23-10-8-19;1-2/h3-4,11-13H,1-2,5-10H2,(H,21,22);1-2H3. The Morgan fingerprint density at radius 3 is 2.52 bits per heavy atom. The first-order valence-electron chi connectivity index (χ1n) is 9.39.